The van der Waals surface area contributed by atoms with Crippen molar-refractivity contribution in [1.29, 1.82) is 0 Å². The van der Waals surface area contributed by atoms with E-state index in [2.05, 4.69) is 9.80 Å². The van der Waals surface area contributed by atoms with Gasteiger partial charge in [0, 0.05) is 50.5 Å². The lowest BCUT2D eigenvalue weighted by Crippen LogP contribution is -2.52. The van der Waals surface area contributed by atoms with Gasteiger partial charge in [0.25, 0.3) is 5.69 Å². The Labute approximate surface area is 197 Å². The molecule has 0 unspecified atom stereocenters. The van der Waals surface area contributed by atoms with E-state index in [1.165, 1.54) is 17.0 Å². The zero-order valence-corrected chi connectivity index (χ0v) is 19.3. The number of nitro groups is 1. The largest absolute Gasteiger partial charge is 0.493 e. The predicted octanol–water partition coefficient (Wildman–Crippen LogP) is 2.10. The zero-order chi connectivity index (χ0) is 24.2. The minimum absolute atomic E-state index is 0.0608. The number of nitrogens with zero attached hydrogens (tertiary/aromatic N) is 4. The fourth-order valence-electron chi connectivity index (χ4n) is 4.54. The molecule has 180 valence electrons. The van der Waals surface area contributed by atoms with E-state index >= 15 is 0 Å². The number of methoxy groups -OCH3 is 2. The Kier molecular flexibility index (Phi) is 6.97. The third kappa shape index (κ3) is 4.81. The Morgan fingerprint density at radius 3 is 2.26 bits per heavy atom. The monoisotopic (exact) mass is 468 g/mol. The smallest absolute Gasteiger partial charge is 0.269 e. The van der Waals surface area contributed by atoms with Crippen molar-refractivity contribution in [2.75, 3.05) is 51.8 Å². The summed E-state index contributed by atoms with van der Waals surface area (Å²) in [6, 6.07) is 11.6. The standard InChI is InChI=1S/C24H28N4O6/c1-33-21-8-3-17(15-22(21)34-2)9-10-27-23(29)16-20(24(27)30)26-13-11-25(12-14-26)18-4-6-19(7-5-18)28(31)32/h3-8,15,20H,9-14,16H2,1-2H3/t20-/m0/s1. The fraction of sp³-hybridized carbons (Fsp3) is 0.417. The lowest BCUT2D eigenvalue weighted by Gasteiger charge is -2.38. The average Bonchev–Trinajstić information content (AvgIpc) is 3.15. The Hall–Kier alpha value is -3.66. The summed E-state index contributed by atoms with van der Waals surface area (Å²) in [7, 11) is 3.14. The Balaban J connectivity index is 1.33. The van der Waals surface area contributed by atoms with E-state index in [0.717, 1.165) is 11.3 Å². The molecule has 1 atom stereocenters. The van der Waals surface area contributed by atoms with Crippen molar-refractivity contribution in [3.8, 4) is 11.5 Å². The van der Waals surface area contributed by atoms with Crippen LogP contribution in [0.3, 0.4) is 0 Å². The van der Waals surface area contributed by atoms with Crippen LogP contribution in [0, 0.1) is 10.1 Å². The Bertz CT molecular complexity index is 1070. The Morgan fingerprint density at radius 1 is 0.971 bits per heavy atom. The second kappa shape index (κ2) is 10.1. The van der Waals surface area contributed by atoms with E-state index in [0.29, 0.717) is 50.6 Å². The molecular weight excluding hydrogens is 440 g/mol. The van der Waals surface area contributed by atoms with Crippen molar-refractivity contribution in [2.45, 2.75) is 18.9 Å². The molecule has 0 N–H and O–H groups in total. The van der Waals surface area contributed by atoms with Crippen LogP contribution in [0.15, 0.2) is 42.5 Å². The quantitative estimate of drug-likeness (QED) is 0.330. The van der Waals surface area contributed by atoms with Crippen molar-refractivity contribution in [3.63, 3.8) is 0 Å². The third-order valence-corrected chi connectivity index (χ3v) is 6.47. The molecule has 4 rings (SSSR count). The van der Waals surface area contributed by atoms with Gasteiger partial charge in [-0.25, -0.2) is 0 Å². The third-order valence-electron chi connectivity index (χ3n) is 6.47. The van der Waals surface area contributed by atoms with Gasteiger partial charge in [-0.2, -0.15) is 0 Å². The molecule has 0 radical (unpaired) electrons. The van der Waals surface area contributed by atoms with Gasteiger partial charge in [-0.05, 0) is 36.2 Å². The number of carbonyl (C=O) groups excluding carboxylic acids is 2. The molecule has 2 saturated heterocycles. The van der Waals surface area contributed by atoms with Gasteiger partial charge in [-0.1, -0.05) is 6.07 Å². The number of benzene rings is 2. The predicted molar refractivity (Wildman–Crippen MR) is 125 cm³/mol. The van der Waals surface area contributed by atoms with Gasteiger partial charge in [0.2, 0.25) is 11.8 Å². The van der Waals surface area contributed by atoms with Crippen LogP contribution in [0.4, 0.5) is 11.4 Å². The maximum absolute atomic E-state index is 13.1. The first-order chi connectivity index (χ1) is 16.4. The molecular formula is C24H28N4O6. The van der Waals surface area contributed by atoms with E-state index < -0.39 is 11.0 Å². The van der Waals surface area contributed by atoms with Crippen LogP contribution in [0.2, 0.25) is 0 Å². The number of anilines is 1. The fourth-order valence-corrected chi connectivity index (χ4v) is 4.54. The summed E-state index contributed by atoms with van der Waals surface area (Å²) in [6.45, 7) is 2.98. The lowest BCUT2D eigenvalue weighted by atomic mass is 10.1. The molecule has 0 spiro atoms. The molecule has 2 amide bonds. The van der Waals surface area contributed by atoms with Crippen molar-refractivity contribution < 1.29 is 24.0 Å². The number of imide groups is 1. The van der Waals surface area contributed by atoms with E-state index in [4.69, 9.17) is 9.47 Å². The van der Waals surface area contributed by atoms with Gasteiger partial charge in [0.15, 0.2) is 11.5 Å². The van der Waals surface area contributed by atoms with Crippen LogP contribution in [-0.4, -0.2) is 79.5 Å². The average molecular weight is 469 g/mol. The van der Waals surface area contributed by atoms with Gasteiger partial charge >= 0.3 is 0 Å². The van der Waals surface area contributed by atoms with Gasteiger partial charge in [0.1, 0.15) is 0 Å². The molecule has 2 fully saturated rings. The van der Waals surface area contributed by atoms with Crippen LogP contribution < -0.4 is 14.4 Å². The summed E-state index contributed by atoms with van der Waals surface area (Å²) < 4.78 is 10.6. The topological polar surface area (TPSA) is 105 Å². The molecule has 0 bridgehead atoms. The maximum Gasteiger partial charge on any atom is 0.269 e. The summed E-state index contributed by atoms with van der Waals surface area (Å²) in [5.74, 6) is 0.956. The first kappa shape index (κ1) is 23.5. The van der Waals surface area contributed by atoms with Gasteiger partial charge in [-0.15, -0.1) is 0 Å². The second-order valence-corrected chi connectivity index (χ2v) is 8.34. The highest BCUT2D eigenvalue weighted by Gasteiger charge is 2.42. The normalized spacial score (nSPS) is 18.9. The highest BCUT2D eigenvalue weighted by atomic mass is 16.6. The Morgan fingerprint density at radius 2 is 1.65 bits per heavy atom. The molecule has 0 aromatic heterocycles. The van der Waals surface area contributed by atoms with Gasteiger partial charge in [-0.3, -0.25) is 29.5 Å². The summed E-state index contributed by atoms with van der Waals surface area (Å²) in [5.41, 5.74) is 1.93. The molecule has 2 aliphatic rings. The summed E-state index contributed by atoms with van der Waals surface area (Å²) in [5, 5.41) is 10.9. The molecule has 10 nitrogen and oxygen atoms in total. The first-order valence-electron chi connectivity index (χ1n) is 11.2. The van der Waals surface area contributed by atoms with Crippen LogP contribution in [0.1, 0.15) is 12.0 Å². The van der Waals surface area contributed by atoms with Crippen LogP contribution in [0.5, 0.6) is 11.5 Å². The second-order valence-electron chi connectivity index (χ2n) is 8.34. The lowest BCUT2D eigenvalue weighted by molar-refractivity contribution is -0.384. The first-order valence-corrected chi connectivity index (χ1v) is 11.2. The van der Waals surface area contributed by atoms with E-state index in [1.54, 1.807) is 26.4 Å². The number of carbonyl (C=O) groups is 2. The number of nitro benzene ring substituents is 1. The van der Waals surface area contributed by atoms with Crippen LogP contribution >= 0.6 is 0 Å². The van der Waals surface area contributed by atoms with Crippen molar-refractivity contribution in [3.05, 3.63) is 58.1 Å². The number of likely N-dealkylation sites (tertiary alicyclic amines) is 1. The number of amides is 2. The molecule has 2 heterocycles. The molecule has 0 aliphatic carbocycles. The van der Waals surface area contributed by atoms with E-state index in [1.807, 2.05) is 18.2 Å². The highest BCUT2D eigenvalue weighted by Crippen LogP contribution is 2.28. The number of hydrogen-bond acceptors (Lipinski definition) is 8. The summed E-state index contributed by atoms with van der Waals surface area (Å²) in [4.78, 5) is 41.7. The summed E-state index contributed by atoms with van der Waals surface area (Å²) >= 11 is 0. The number of non-ortho nitro benzene ring substituents is 1. The molecule has 2 aliphatic heterocycles. The molecule has 2 aromatic rings. The minimum Gasteiger partial charge on any atom is -0.493 e. The maximum atomic E-state index is 13.1. The number of rotatable bonds is 8. The van der Waals surface area contributed by atoms with E-state index in [-0.39, 0.29) is 23.9 Å². The molecule has 0 saturated carbocycles. The van der Waals surface area contributed by atoms with Gasteiger partial charge in [0.05, 0.1) is 31.6 Å². The number of ether oxygens (including phenoxy) is 2. The molecule has 10 heteroatoms. The zero-order valence-electron chi connectivity index (χ0n) is 19.3. The summed E-state index contributed by atoms with van der Waals surface area (Å²) in [6.07, 6.45) is 0.737. The number of hydrogen-bond donors (Lipinski definition) is 0. The molecule has 34 heavy (non-hydrogen) atoms. The molecule has 2 aromatic carbocycles. The van der Waals surface area contributed by atoms with Crippen molar-refractivity contribution >= 4 is 23.2 Å². The minimum atomic E-state index is -0.433. The van der Waals surface area contributed by atoms with Crippen LogP contribution in [-0.2, 0) is 16.0 Å². The van der Waals surface area contributed by atoms with Gasteiger partial charge < -0.3 is 14.4 Å². The van der Waals surface area contributed by atoms with E-state index in [9.17, 15) is 19.7 Å². The van der Waals surface area contributed by atoms with Crippen molar-refractivity contribution in [2.24, 2.45) is 0 Å². The highest BCUT2D eigenvalue weighted by molar-refractivity contribution is 6.05. The SMILES string of the molecule is COc1ccc(CCN2C(=O)C[C@H](N3CCN(c4ccc([N+](=O)[O-])cc4)CC3)C2=O)cc1OC. The van der Waals surface area contributed by atoms with Crippen LogP contribution in [0.25, 0.3) is 0 Å². The van der Waals surface area contributed by atoms with Crippen molar-refractivity contribution in [1.82, 2.24) is 9.80 Å². The number of piperazine rings is 1.